The Labute approximate surface area is 130 Å². The summed E-state index contributed by atoms with van der Waals surface area (Å²) >= 11 is 0. The average molecular weight is 321 g/mol. The van der Waals surface area contributed by atoms with Gasteiger partial charge < -0.3 is 0 Å². The van der Waals surface area contributed by atoms with E-state index in [1.807, 2.05) is 55.8 Å². The van der Waals surface area contributed by atoms with Crippen molar-refractivity contribution in [2.75, 3.05) is 6.26 Å². The lowest BCUT2D eigenvalue weighted by molar-refractivity contribution is 0.0979. The van der Waals surface area contributed by atoms with Gasteiger partial charge in [-0.15, -0.1) is 0 Å². The molecule has 0 saturated heterocycles. The normalized spacial score (nSPS) is 12.2. The van der Waals surface area contributed by atoms with Crippen molar-refractivity contribution in [3.05, 3.63) is 47.8 Å². The van der Waals surface area contributed by atoms with Crippen LogP contribution in [0.4, 0.5) is 0 Å². The van der Waals surface area contributed by atoms with Crippen LogP contribution >= 0.6 is 0 Å². The number of rotatable bonds is 3. The molecule has 0 aliphatic rings. The minimum Gasteiger partial charge on any atom is -0.268 e. The molecule has 1 aromatic carbocycles. The number of benzene rings is 1. The van der Waals surface area contributed by atoms with Gasteiger partial charge in [0.05, 0.1) is 23.2 Å². The molecule has 1 aromatic heterocycles. The minimum absolute atomic E-state index is 0.252. The summed E-state index contributed by atoms with van der Waals surface area (Å²) in [6.07, 6.45) is 2.50. The van der Waals surface area contributed by atoms with E-state index in [2.05, 4.69) is 5.10 Å². The van der Waals surface area contributed by atoms with E-state index in [0.29, 0.717) is 5.69 Å². The highest BCUT2D eigenvalue weighted by Crippen LogP contribution is 2.25. The highest BCUT2D eigenvalue weighted by atomic mass is 32.2. The van der Waals surface area contributed by atoms with Crippen LogP contribution in [0.1, 0.15) is 36.8 Å². The fraction of sp³-hybridized carbons (Fsp3) is 0.333. The number of amides is 1. The monoisotopic (exact) mass is 321 g/mol. The zero-order chi connectivity index (χ0) is 16.5. The molecule has 6 nitrogen and oxygen atoms in total. The molecule has 0 aliphatic heterocycles. The molecule has 2 aromatic rings. The maximum atomic E-state index is 12.2. The summed E-state index contributed by atoms with van der Waals surface area (Å²) in [7, 11) is -3.63. The Morgan fingerprint density at radius 3 is 2.27 bits per heavy atom. The third-order valence-electron chi connectivity index (χ3n) is 2.97. The van der Waals surface area contributed by atoms with Crippen molar-refractivity contribution >= 4 is 15.9 Å². The third kappa shape index (κ3) is 3.73. The van der Waals surface area contributed by atoms with Crippen molar-refractivity contribution in [2.45, 2.75) is 26.2 Å². The van der Waals surface area contributed by atoms with Crippen LogP contribution in [0, 0.1) is 0 Å². The second kappa shape index (κ2) is 5.57. The maximum Gasteiger partial charge on any atom is 0.268 e. The fourth-order valence-electron chi connectivity index (χ4n) is 2.03. The van der Waals surface area contributed by atoms with E-state index in [-0.39, 0.29) is 5.56 Å². The van der Waals surface area contributed by atoms with Crippen LogP contribution < -0.4 is 4.72 Å². The molecule has 0 spiro atoms. The Bertz CT molecular complexity index is 787. The molecule has 1 heterocycles. The Morgan fingerprint density at radius 1 is 1.18 bits per heavy atom. The van der Waals surface area contributed by atoms with Crippen molar-refractivity contribution < 1.29 is 13.2 Å². The van der Waals surface area contributed by atoms with Crippen molar-refractivity contribution in [1.82, 2.24) is 14.5 Å². The molecule has 1 amide bonds. The van der Waals surface area contributed by atoms with Crippen LogP contribution in [0.2, 0.25) is 0 Å². The van der Waals surface area contributed by atoms with Gasteiger partial charge in [-0.05, 0) is 12.1 Å². The van der Waals surface area contributed by atoms with Crippen LogP contribution in [0.5, 0.6) is 0 Å². The van der Waals surface area contributed by atoms with Gasteiger partial charge in [0.2, 0.25) is 10.0 Å². The van der Waals surface area contributed by atoms with Crippen molar-refractivity contribution in [3.8, 4) is 5.69 Å². The predicted molar refractivity (Wildman–Crippen MR) is 84.6 cm³/mol. The predicted octanol–water partition coefficient (Wildman–Crippen LogP) is 1.86. The van der Waals surface area contributed by atoms with Crippen LogP contribution in [0.15, 0.2) is 36.5 Å². The van der Waals surface area contributed by atoms with Gasteiger partial charge in [0, 0.05) is 11.6 Å². The quantitative estimate of drug-likeness (QED) is 0.935. The van der Waals surface area contributed by atoms with Crippen molar-refractivity contribution in [3.63, 3.8) is 0 Å². The number of aromatic nitrogens is 2. The van der Waals surface area contributed by atoms with E-state index in [1.165, 1.54) is 0 Å². The number of nitrogens with one attached hydrogen (secondary N) is 1. The Kier molecular flexibility index (Phi) is 4.10. The summed E-state index contributed by atoms with van der Waals surface area (Å²) in [5.74, 6) is -0.672. The number of nitrogens with zero attached hydrogens (tertiary/aromatic N) is 2. The first-order valence-corrected chi connectivity index (χ1v) is 8.65. The molecule has 0 aliphatic carbocycles. The number of para-hydroxylation sites is 1. The molecule has 118 valence electrons. The molecule has 7 heteroatoms. The van der Waals surface area contributed by atoms with Gasteiger partial charge in [-0.3, -0.25) is 4.79 Å². The molecular weight excluding hydrogens is 302 g/mol. The Morgan fingerprint density at radius 2 is 1.77 bits per heavy atom. The molecular formula is C15H19N3O3S. The second-order valence-electron chi connectivity index (χ2n) is 6.12. The van der Waals surface area contributed by atoms with Crippen molar-refractivity contribution in [1.29, 1.82) is 0 Å². The summed E-state index contributed by atoms with van der Waals surface area (Å²) in [4.78, 5) is 12.2. The zero-order valence-corrected chi connectivity index (χ0v) is 13.8. The first kappa shape index (κ1) is 16.2. The minimum atomic E-state index is -3.63. The summed E-state index contributed by atoms with van der Waals surface area (Å²) < 4.78 is 26.2. The third-order valence-corrected chi connectivity index (χ3v) is 3.52. The summed E-state index contributed by atoms with van der Waals surface area (Å²) in [5, 5.41) is 4.46. The summed E-state index contributed by atoms with van der Waals surface area (Å²) in [6, 6.07) is 9.33. The van der Waals surface area contributed by atoms with Gasteiger partial charge >= 0.3 is 0 Å². The molecule has 0 radical (unpaired) electrons. The maximum absolute atomic E-state index is 12.2. The second-order valence-corrected chi connectivity index (χ2v) is 7.87. The van der Waals surface area contributed by atoms with E-state index >= 15 is 0 Å². The molecule has 2 rings (SSSR count). The lowest BCUT2D eigenvalue weighted by atomic mass is 9.89. The van der Waals surface area contributed by atoms with Gasteiger partial charge in [0.15, 0.2) is 0 Å². The molecule has 0 unspecified atom stereocenters. The van der Waals surface area contributed by atoms with Gasteiger partial charge in [0.25, 0.3) is 5.91 Å². The number of carbonyl (C=O) groups excluding carboxylic acids is 1. The molecule has 22 heavy (non-hydrogen) atoms. The first-order valence-electron chi connectivity index (χ1n) is 6.75. The lowest BCUT2D eigenvalue weighted by Crippen LogP contribution is -2.31. The Hall–Kier alpha value is -2.15. The topological polar surface area (TPSA) is 81.1 Å². The van der Waals surface area contributed by atoms with E-state index in [1.54, 1.807) is 10.9 Å². The fourth-order valence-corrected chi connectivity index (χ4v) is 2.48. The molecule has 0 saturated carbocycles. The largest absolute Gasteiger partial charge is 0.268 e. The van der Waals surface area contributed by atoms with Crippen LogP contribution in [-0.2, 0) is 15.4 Å². The molecule has 0 bridgehead atoms. The number of sulfonamides is 1. The van der Waals surface area contributed by atoms with E-state index in [9.17, 15) is 13.2 Å². The van der Waals surface area contributed by atoms with E-state index < -0.39 is 21.3 Å². The van der Waals surface area contributed by atoms with Gasteiger partial charge in [-0.1, -0.05) is 39.0 Å². The zero-order valence-electron chi connectivity index (χ0n) is 13.0. The van der Waals surface area contributed by atoms with Crippen molar-refractivity contribution in [2.24, 2.45) is 0 Å². The van der Waals surface area contributed by atoms with Crippen LogP contribution in [-0.4, -0.2) is 30.4 Å². The van der Waals surface area contributed by atoms with Gasteiger partial charge in [-0.2, -0.15) is 5.10 Å². The first-order chi connectivity index (χ1) is 10.1. The SMILES string of the molecule is CC(C)(C)c1nn(-c2ccccc2)cc1C(=O)NS(C)(=O)=O. The van der Waals surface area contributed by atoms with E-state index in [4.69, 9.17) is 0 Å². The number of carbonyl (C=O) groups is 1. The highest BCUT2D eigenvalue weighted by Gasteiger charge is 2.27. The number of hydrogen-bond donors (Lipinski definition) is 1. The summed E-state index contributed by atoms with van der Waals surface area (Å²) in [6.45, 7) is 5.76. The molecule has 0 atom stereocenters. The smallest absolute Gasteiger partial charge is 0.268 e. The Balaban J connectivity index is 2.53. The highest BCUT2D eigenvalue weighted by molar-refractivity contribution is 7.89. The average Bonchev–Trinajstić information content (AvgIpc) is 2.83. The van der Waals surface area contributed by atoms with Gasteiger partial charge in [0.1, 0.15) is 0 Å². The standard InChI is InChI=1S/C15H19N3O3S/c1-15(2,3)13-12(14(19)17-22(4,20)21)10-18(16-13)11-8-6-5-7-9-11/h5-10H,1-4H3,(H,17,19). The van der Waals surface area contributed by atoms with E-state index in [0.717, 1.165) is 11.9 Å². The molecule has 1 N–H and O–H groups in total. The number of hydrogen-bond acceptors (Lipinski definition) is 4. The van der Waals surface area contributed by atoms with Gasteiger partial charge in [-0.25, -0.2) is 17.8 Å². The van der Waals surface area contributed by atoms with Crippen LogP contribution in [0.25, 0.3) is 5.69 Å². The van der Waals surface area contributed by atoms with Crippen LogP contribution in [0.3, 0.4) is 0 Å². The summed E-state index contributed by atoms with van der Waals surface area (Å²) in [5.41, 5.74) is 1.19. The molecule has 0 fully saturated rings. The lowest BCUT2D eigenvalue weighted by Gasteiger charge is -2.17.